The third-order valence-corrected chi connectivity index (χ3v) is 2.73. The van der Waals surface area contributed by atoms with Crippen LogP contribution in [0.25, 0.3) is 11.3 Å². The number of carbonyl (C=O) groups excluding carboxylic acids is 1. The lowest BCUT2D eigenvalue weighted by molar-refractivity contribution is -0.137. The molecule has 2 rings (SSSR count). The highest BCUT2D eigenvalue weighted by Crippen LogP contribution is 2.32. The van der Waals surface area contributed by atoms with Gasteiger partial charge in [0.15, 0.2) is 0 Å². The monoisotopic (exact) mass is 299 g/mol. The number of halogens is 4. The van der Waals surface area contributed by atoms with Crippen molar-refractivity contribution in [2.24, 2.45) is 0 Å². The van der Waals surface area contributed by atoms with Crippen molar-refractivity contribution < 1.29 is 27.1 Å². The summed E-state index contributed by atoms with van der Waals surface area (Å²) in [6, 6.07) is 5.01. The number of carbonyl (C=O) groups is 1. The Labute approximate surface area is 117 Å². The maximum Gasteiger partial charge on any atom is 0.416 e. The van der Waals surface area contributed by atoms with Gasteiger partial charge in [0.05, 0.1) is 18.2 Å². The fraction of sp³-hybridized carbons (Fsp3) is 0.143. The number of esters is 1. The SMILES string of the molecule is COC(=O)c1cnc(-c2cccc(C(F)(F)F)c2)c(F)c1. The highest BCUT2D eigenvalue weighted by molar-refractivity contribution is 5.89. The molecule has 3 nitrogen and oxygen atoms in total. The van der Waals surface area contributed by atoms with E-state index in [0.717, 1.165) is 37.6 Å². The minimum Gasteiger partial charge on any atom is -0.465 e. The Kier molecular flexibility index (Phi) is 3.93. The summed E-state index contributed by atoms with van der Waals surface area (Å²) in [5, 5.41) is 0. The zero-order valence-corrected chi connectivity index (χ0v) is 10.7. The number of benzene rings is 1. The van der Waals surface area contributed by atoms with Gasteiger partial charge in [0, 0.05) is 11.8 Å². The molecule has 1 heterocycles. The number of ether oxygens (including phenoxy) is 1. The molecule has 0 bridgehead atoms. The third-order valence-electron chi connectivity index (χ3n) is 2.73. The average molecular weight is 299 g/mol. The lowest BCUT2D eigenvalue weighted by Gasteiger charge is -2.09. The van der Waals surface area contributed by atoms with Crippen LogP contribution in [-0.2, 0) is 10.9 Å². The van der Waals surface area contributed by atoms with Crippen molar-refractivity contribution in [1.82, 2.24) is 4.98 Å². The first-order valence-electron chi connectivity index (χ1n) is 5.74. The number of hydrogen-bond acceptors (Lipinski definition) is 3. The van der Waals surface area contributed by atoms with Crippen molar-refractivity contribution in [2.75, 3.05) is 7.11 Å². The molecule has 0 N–H and O–H groups in total. The molecule has 110 valence electrons. The first-order chi connectivity index (χ1) is 9.82. The van der Waals surface area contributed by atoms with E-state index in [2.05, 4.69) is 9.72 Å². The quantitative estimate of drug-likeness (QED) is 0.627. The maximum atomic E-state index is 13.9. The van der Waals surface area contributed by atoms with Crippen molar-refractivity contribution in [3.05, 3.63) is 53.5 Å². The van der Waals surface area contributed by atoms with Gasteiger partial charge in [0.1, 0.15) is 11.5 Å². The van der Waals surface area contributed by atoms with Gasteiger partial charge in [0.25, 0.3) is 0 Å². The first-order valence-corrected chi connectivity index (χ1v) is 5.74. The Morgan fingerprint density at radius 1 is 1.24 bits per heavy atom. The minimum atomic E-state index is -4.53. The summed E-state index contributed by atoms with van der Waals surface area (Å²) in [5.74, 6) is -1.69. The molecule has 2 aromatic rings. The van der Waals surface area contributed by atoms with E-state index in [1.54, 1.807) is 0 Å². The number of nitrogens with zero attached hydrogens (tertiary/aromatic N) is 1. The van der Waals surface area contributed by atoms with E-state index in [0.29, 0.717) is 0 Å². The van der Waals surface area contributed by atoms with Crippen molar-refractivity contribution in [2.45, 2.75) is 6.18 Å². The fourth-order valence-corrected chi connectivity index (χ4v) is 1.72. The molecule has 0 aliphatic carbocycles. The zero-order chi connectivity index (χ0) is 15.6. The second-order valence-corrected chi connectivity index (χ2v) is 4.12. The third kappa shape index (κ3) is 3.18. The molecule has 21 heavy (non-hydrogen) atoms. The minimum absolute atomic E-state index is 0.0289. The van der Waals surface area contributed by atoms with Gasteiger partial charge in [0.2, 0.25) is 0 Å². The van der Waals surface area contributed by atoms with Crippen LogP contribution in [0.3, 0.4) is 0 Å². The highest BCUT2D eigenvalue weighted by Gasteiger charge is 2.30. The predicted molar refractivity (Wildman–Crippen MR) is 66.0 cm³/mol. The summed E-state index contributed by atoms with van der Waals surface area (Å²) in [4.78, 5) is 14.9. The molecule has 0 unspecified atom stereocenters. The standard InChI is InChI=1S/C14H9F4NO2/c1-21-13(20)9-6-11(15)12(19-7-9)8-3-2-4-10(5-8)14(16,17)18/h2-7H,1H3. The Balaban J connectivity index is 2.46. The van der Waals surface area contributed by atoms with Crippen LogP contribution in [-0.4, -0.2) is 18.1 Å². The summed E-state index contributed by atoms with van der Waals surface area (Å²) in [6.45, 7) is 0. The molecule has 0 atom stereocenters. The molecule has 0 saturated carbocycles. The highest BCUT2D eigenvalue weighted by atomic mass is 19.4. The van der Waals surface area contributed by atoms with Crippen molar-refractivity contribution in [3.8, 4) is 11.3 Å². The molecule has 0 spiro atoms. The van der Waals surface area contributed by atoms with Crippen LogP contribution in [0.4, 0.5) is 17.6 Å². The van der Waals surface area contributed by atoms with E-state index in [1.807, 2.05) is 0 Å². The van der Waals surface area contributed by atoms with E-state index in [4.69, 9.17) is 0 Å². The summed E-state index contributed by atoms with van der Waals surface area (Å²) in [6.07, 6.45) is -3.48. The molecule has 1 aromatic carbocycles. The molecule has 0 radical (unpaired) electrons. The van der Waals surface area contributed by atoms with Crippen LogP contribution in [0, 0.1) is 5.82 Å². The fourth-order valence-electron chi connectivity index (χ4n) is 1.72. The lowest BCUT2D eigenvalue weighted by atomic mass is 10.1. The Morgan fingerprint density at radius 3 is 2.52 bits per heavy atom. The van der Waals surface area contributed by atoms with Gasteiger partial charge in [-0.15, -0.1) is 0 Å². The number of methoxy groups -OCH3 is 1. The molecule has 0 aliphatic heterocycles. The van der Waals surface area contributed by atoms with Gasteiger partial charge in [-0.25, -0.2) is 9.18 Å². The van der Waals surface area contributed by atoms with Crippen LogP contribution in [0.1, 0.15) is 15.9 Å². The van der Waals surface area contributed by atoms with Gasteiger partial charge in [-0.1, -0.05) is 12.1 Å². The number of aromatic nitrogens is 1. The molecule has 1 aromatic heterocycles. The van der Waals surface area contributed by atoms with Crippen LogP contribution < -0.4 is 0 Å². The predicted octanol–water partition coefficient (Wildman–Crippen LogP) is 3.69. The normalized spacial score (nSPS) is 11.3. The van der Waals surface area contributed by atoms with Crippen molar-refractivity contribution in [1.29, 1.82) is 0 Å². The van der Waals surface area contributed by atoms with Crippen LogP contribution in [0.15, 0.2) is 36.5 Å². The lowest BCUT2D eigenvalue weighted by Crippen LogP contribution is -2.06. The summed E-state index contributed by atoms with van der Waals surface area (Å²) in [5.41, 5.74) is -1.32. The van der Waals surface area contributed by atoms with Crippen molar-refractivity contribution in [3.63, 3.8) is 0 Å². The first kappa shape index (κ1) is 15.0. The number of hydrogen-bond donors (Lipinski definition) is 0. The molecular formula is C14H9F4NO2. The number of rotatable bonds is 2. The van der Waals surface area contributed by atoms with E-state index >= 15 is 0 Å². The smallest absolute Gasteiger partial charge is 0.416 e. The van der Waals surface area contributed by atoms with Crippen LogP contribution in [0.2, 0.25) is 0 Å². The molecular weight excluding hydrogens is 290 g/mol. The van der Waals surface area contributed by atoms with E-state index in [9.17, 15) is 22.4 Å². The van der Waals surface area contributed by atoms with Gasteiger partial charge in [-0.3, -0.25) is 4.98 Å². The van der Waals surface area contributed by atoms with Crippen LogP contribution in [0.5, 0.6) is 0 Å². The van der Waals surface area contributed by atoms with Gasteiger partial charge in [-0.05, 0) is 18.2 Å². The average Bonchev–Trinajstić information content (AvgIpc) is 2.45. The molecule has 0 saturated heterocycles. The van der Waals surface area contributed by atoms with Crippen molar-refractivity contribution >= 4 is 5.97 Å². The maximum absolute atomic E-state index is 13.9. The summed E-state index contributed by atoms with van der Waals surface area (Å²) in [7, 11) is 1.13. The number of pyridine rings is 1. The van der Waals surface area contributed by atoms with E-state index in [1.165, 1.54) is 6.07 Å². The molecule has 0 fully saturated rings. The van der Waals surface area contributed by atoms with Gasteiger partial charge >= 0.3 is 12.1 Å². The van der Waals surface area contributed by atoms with Crippen LogP contribution >= 0.6 is 0 Å². The van der Waals surface area contributed by atoms with Gasteiger partial charge in [-0.2, -0.15) is 13.2 Å². The zero-order valence-electron chi connectivity index (χ0n) is 10.7. The molecule has 7 heteroatoms. The number of alkyl halides is 3. The molecule has 0 amide bonds. The van der Waals surface area contributed by atoms with E-state index in [-0.39, 0.29) is 16.8 Å². The van der Waals surface area contributed by atoms with E-state index < -0.39 is 23.5 Å². The second kappa shape index (κ2) is 5.51. The Hall–Kier alpha value is -2.44. The second-order valence-electron chi connectivity index (χ2n) is 4.12. The summed E-state index contributed by atoms with van der Waals surface area (Å²) >= 11 is 0. The molecule has 0 aliphatic rings. The Morgan fingerprint density at radius 2 is 1.95 bits per heavy atom. The summed E-state index contributed by atoms with van der Waals surface area (Å²) < 4.78 is 56.2. The largest absolute Gasteiger partial charge is 0.465 e. The topological polar surface area (TPSA) is 39.2 Å². The van der Waals surface area contributed by atoms with Gasteiger partial charge < -0.3 is 4.74 Å². The Bertz CT molecular complexity index is 683.